The number of benzene rings is 2. The zero-order valence-corrected chi connectivity index (χ0v) is 19.1. The van der Waals surface area contributed by atoms with Crippen molar-refractivity contribution in [2.45, 2.75) is 19.9 Å². The van der Waals surface area contributed by atoms with Gasteiger partial charge in [0.05, 0.1) is 18.7 Å². The minimum atomic E-state index is -0.823. The molecule has 0 saturated carbocycles. The average molecular weight is 459 g/mol. The van der Waals surface area contributed by atoms with E-state index in [1.54, 1.807) is 36.4 Å². The fourth-order valence-corrected chi connectivity index (χ4v) is 4.00. The summed E-state index contributed by atoms with van der Waals surface area (Å²) in [6, 6.07) is 10.2. The van der Waals surface area contributed by atoms with E-state index in [0.717, 1.165) is 13.1 Å². The van der Waals surface area contributed by atoms with Crippen LogP contribution >= 0.6 is 11.6 Å². The number of amides is 1. The maximum Gasteiger partial charge on any atom is 0.295 e. The Hall–Kier alpha value is -3.03. The SMILES string of the molecule is CCN(CC)CCN1C(=O)C(=O)C(=C(O)c2ccc(Cl)cc2)[C@H]1c1ccc(O)c(OC)c1. The Morgan fingerprint density at radius 2 is 1.78 bits per heavy atom. The van der Waals surface area contributed by atoms with E-state index in [-0.39, 0.29) is 22.8 Å². The lowest BCUT2D eigenvalue weighted by atomic mass is 9.95. The van der Waals surface area contributed by atoms with E-state index in [1.807, 2.05) is 13.8 Å². The van der Waals surface area contributed by atoms with Crippen molar-refractivity contribution < 1.29 is 24.5 Å². The first kappa shape index (κ1) is 23.6. The Morgan fingerprint density at radius 3 is 2.38 bits per heavy atom. The number of ether oxygens (including phenoxy) is 1. The molecule has 0 radical (unpaired) electrons. The first-order valence-electron chi connectivity index (χ1n) is 10.5. The fourth-order valence-electron chi connectivity index (χ4n) is 3.87. The van der Waals surface area contributed by atoms with Crippen molar-refractivity contribution in [1.29, 1.82) is 0 Å². The van der Waals surface area contributed by atoms with Gasteiger partial charge in [-0.2, -0.15) is 0 Å². The molecule has 1 heterocycles. The number of carbonyl (C=O) groups is 2. The third-order valence-electron chi connectivity index (χ3n) is 5.73. The van der Waals surface area contributed by atoms with E-state index in [2.05, 4.69) is 4.90 Å². The molecule has 32 heavy (non-hydrogen) atoms. The van der Waals surface area contributed by atoms with E-state index in [4.69, 9.17) is 16.3 Å². The molecule has 8 heteroatoms. The van der Waals surface area contributed by atoms with Gasteiger partial charge in [-0.3, -0.25) is 9.59 Å². The van der Waals surface area contributed by atoms with Gasteiger partial charge in [-0.05, 0) is 55.1 Å². The van der Waals surface area contributed by atoms with Crippen LogP contribution < -0.4 is 4.74 Å². The summed E-state index contributed by atoms with van der Waals surface area (Å²) in [5.41, 5.74) is 0.922. The van der Waals surface area contributed by atoms with Gasteiger partial charge in [0.25, 0.3) is 11.7 Å². The number of likely N-dealkylation sites (N-methyl/N-ethyl adjacent to an activating group) is 1. The minimum Gasteiger partial charge on any atom is -0.507 e. The molecule has 1 amide bonds. The second-order valence-electron chi connectivity index (χ2n) is 7.46. The number of carbonyl (C=O) groups excluding carboxylic acids is 2. The minimum absolute atomic E-state index is 0.00962. The topological polar surface area (TPSA) is 90.3 Å². The van der Waals surface area contributed by atoms with E-state index in [1.165, 1.54) is 18.1 Å². The van der Waals surface area contributed by atoms with Crippen LogP contribution in [0.25, 0.3) is 5.76 Å². The van der Waals surface area contributed by atoms with Crippen LogP contribution in [0.1, 0.15) is 31.0 Å². The average Bonchev–Trinajstić information content (AvgIpc) is 3.05. The van der Waals surface area contributed by atoms with Gasteiger partial charge in [0.15, 0.2) is 11.5 Å². The molecule has 0 aliphatic carbocycles. The number of aromatic hydroxyl groups is 1. The number of nitrogens with zero attached hydrogens (tertiary/aromatic N) is 2. The van der Waals surface area contributed by atoms with Crippen LogP contribution in [0.5, 0.6) is 11.5 Å². The zero-order chi connectivity index (χ0) is 23.4. The summed E-state index contributed by atoms with van der Waals surface area (Å²) < 4.78 is 5.22. The van der Waals surface area contributed by atoms with E-state index < -0.39 is 17.7 Å². The highest BCUT2D eigenvalue weighted by Crippen LogP contribution is 2.41. The Balaban J connectivity index is 2.13. The number of rotatable bonds is 8. The zero-order valence-electron chi connectivity index (χ0n) is 18.3. The van der Waals surface area contributed by atoms with Crippen LogP contribution in [0.4, 0.5) is 0 Å². The van der Waals surface area contributed by atoms with Crippen molar-refractivity contribution in [2.24, 2.45) is 0 Å². The van der Waals surface area contributed by atoms with Crippen molar-refractivity contribution in [3.05, 3.63) is 64.2 Å². The number of halogens is 1. The predicted molar refractivity (Wildman–Crippen MR) is 123 cm³/mol. The number of Topliss-reactive ketones (excluding diaryl/α,β-unsaturated/α-hetero) is 1. The molecule has 1 saturated heterocycles. The molecule has 7 nitrogen and oxygen atoms in total. The Labute approximate surface area is 192 Å². The van der Waals surface area contributed by atoms with Gasteiger partial charge in [0.1, 0.15) is 5.76 Å². The number of ketones is 1. The molecule has 2 aromatic carbocycles. The van der Waals surface area contributed by atoms with Gasteiger partial charge < -0.3 is 24.7 Å². The molecule has 3 rings (SSSR count). The van der Waals surface area contributed by atoms with Crippen LogP contribution in [0.2, 0.25) is 5.02 Å². The van der Waals surface area contributed by atoms with Crippen LogP contribution in [-0.2, 0) is 9.59 Å². The Morgan fingerprint density at radius 1 is 1.12 bits per heavy atom. The van der Waals surface area contributed by atoms with E-state index in [9.17, 15) is 19.8 Å². The van der Waals surface area contributed by atoms with Crippen LogP contribution in [0, 0.1) is 0 Å². The quantitative estimate of drug-likeness (QED) is 0.355. The summed E-state index contributed by atoms with van der Waals surface area (Å²) in [6.45, 7) is 6.55. The number of hydrogen-bond donors (Lipinski definition) is 2. The third kappa shape index (κ3) is 4.59. The number of aliphatic hydroxyl groups excluding tert-OH is 1. The summed E-state index contributed by atoms with van der Waals surface area (Å²) >= 11 is 5.95. The number of likely N-dealkylation sites (tertiary alicyclic amines) is 1. The van der Waals surface area contributed by atoms with Crippen molar-refractivity contribution in [3.8, 4) is 11.5 Å². The first-order chi connectivity index (χ1) is 15.3. The normalized spacial score (nSPS) is 17.9. The van der Waals surface area contributed by atoms with E-state index >= 15 is 0 Å². The fraction of sp³-hybridized carbons (Fsp3) is 0.333. The van der Waals surface area contributed by atoms with Crippen molar-refractivity contribution >= 4 is 29.1 Å². The number of phenolic OH excluding ortho intramolecular Hbond substituents is 1. The second-order valence-corrected chi connectivity index (χ2v) is 7.89. The summed E-state index contributed by atoms with van der Waals surface area (Å²) in [7, 11) is 1.42. The lowest BCUT2D eigenvalue weighted by Gasteiger charge is -2.28. The maximum atomic E-state index is 13.1. The van der Waals surface area contributed by atoms with Gasteiger partial charge in [0, 0.05) is 23.7 Å². The second kappa shape index (κ2) is 10.1. The highest BCUT2D eigenvalue weighted by Gasteiger charge is 2.46. The summed E-state index contributed by atoms with van der Waals surface area (Å²) in [6.07, 6.45) is 0. The van der Waals surface area contributed by atoms with Crippen molar-refractivity contribution in [1.82, 2.24) is 9.80 Å². The molecule has 1 fully saturated rings. The number of hydrogen-bond acceptors (Lipinski definition) is 6. The molecule has 0 spiro atoms. The van der Waals surface area contributed by atoms with Gasteiger partial charge in [-0.15, -0.1) is 0 Å². The first-order valence-corrected chi connectivity index (χ1v) is 10.8. The van der Waals surface area contributed by atoms with Crippen LogP contribution in [0.3, 0.4) is 0 Å². The maximum absolute atomic E-state index is 13.1. The molecule has 1 aliphatic rings. The lowest BCUT2D eigenvalue weighted by molar-refractivity contribution is -0.140. The van der Waals surface area contributed by atoms with Crippen LogP contribution in [-0.4, -0.2) is 65.0 Å². The molecule has 0 aromatic heterocycles. The van der Waals surface area contributed by atoms with Gasteiger partial charge >= 0.3 is 0 Å². The van der Waals surface area contributed by atoms with Crippen molar-refractivity contribution in [3.63, 3.8) is 0 Å². The highest BCUT2D eigenvalue weighted by atomic mass is 35.5. The summed E-state index contributed by atoms with van der Waals surface area (Å²) in [4.78, 5) is 29.7. The van der Waals surface area contributed by atoms with Gasteiger partial charge in [-0.1, -0.05) is 31.5 Å². The van der Waals surface area contributed by atoms with Crippen LogP contribution in [0.15, 0.2) is 48.0 Å². The Kier molecular flexibility index (Phi) is 7.43. The summed E-state index contributed by atoms with van der Waals surface area (Å²) in [5.74, 6) is -1.56. The molecular weight excluding hydrogens is 432 g/mol. The Bertz CT molecular complexity index is 1030. The highest BCUT2D eigenvalue weighted by molar-refractivity contribution is 6.46. The smallest absolute Gasteiger partial charge is 0.295 e. The largest absolute Gasteiger partial charge is 0.507 e. The molecular formula is C24H27ClN2O5. The van der Waals surface area contributed by atoms with E-state index in [0.29, 0.717) is 29.2 Å². The third-order valence-corrected chi connectivity index (χ3v) is 5.98. The lowest BCUT2D eigenvalue weighted by Crippen LogP contribution is -2.38. The predicted octanol–water partition coefficient (Wildman–Crippen LogP) is 3.82. The molecule has 2 N–H and O–H groups in total. The molecule has 170 valence electrons. The van der Waals surface area contributed by atoms with Gasteiger partial charge in [0.2, 0.25) is 0 Å². The number of methoxy groups -OCH3 is 1. The number of aliphatic hydroxyl groups is 1. The number of phenols is 1. The monoisotopic (exact) mass is 458 g/mol. The molecule has 0 bridgehead atoms. The molecule has 1 atom stereocenters. The summed E-state index contributed by atoms with van der Waals surface area (Å²) in [5, 5.41) is 21.5. The molecule has 0 unspecified atom stereocenters. The van der Waals surface area contributed by atoms with Gasteiger partial charge in [-0.25, -0.2) is 0 Å². The van der Waals surface area contributed by atoms with Crippen molar-refractivity contribution in [2.75, 3.05) is 33.3 Å². The standard InChI is InChI=1S/C24H27ClN2O5/c1-4-26(5-2)12-13-27-21(16-8-11-18(28)19(14-16)32-3)20(23(30)24(27)31)22(29)15-6-9-17(25)10-7-15/h6-11,14,21,28-29H,4-5,12-13H2,1-3H3/t21-/m1/s1. The molecule has 2 aromatic rings. The molecule has 1 aliphatic heterocycles.